The summed E-state index contributed by atoms with van der Waals surface area (Å²) in [5.41, 5.74) is 10.3. The average Bonchev–Trinajstić information content (AvgIpc) is 2.96. The number of carbonyl (C=O) groups excluding carboxylic acids is 1. The lowest BCUT2D eigenvalue weighted by Crippen LogP contribution is -2.21. The number of hydrogen-bond acceptors (Lipinski definition) is 2. The molecule has 38 heavy (non-hydrogen) atoms. The molecule has 0 amide bonds. The van der Waals surface area contributed by atoms with E-state index >= 15 is 0 Å². The molecule has 5 rings (SSSR count). The van der Waals surface area contributed by atoms with Crippen LogP contribution in [0, 0.1) is 11.8 Å². The first kappa shape index (κ1) is 25.1. The predicted octanol–water partition coefficient (Wildman–Crippen LogP) is 8.32. The normalized spacial score (nSPS) is 13.4. The minimum Gasteiger partial charge on any atom is -0.465 e. The van der Waals surface area contributed by atoms with Crippen LogP contribution in [0.5, 0.6) is 0 Å². The van der Waals surface area contributed by atoms with E-state index in [4.69, 9.17) is 4.74 Å². The van der Waals surface area contributed by atoms with E-state index in [1.807, 2.05) is 18.2 Å². The van der Waals surface area contributed by atoms with Crippen LogP contribution < -0.4 is 0 Å². The van der Waals surface area contributed by atoms with Gasteiger partial charge in [0.1, 0.15) is 0 Å². The molecule has 0 aliphatic heterocycles. The van der Waals surface area contributed by atoms with Crippen molar-refractivity contribution >= 4 is 17.1 Å². The van der Waals surface area contributed by atoms with Crippen molar-refractivity contribution in [1.29, 1.82) is 0 Å². The van der Waals surface area contributed by atoms with Gasteiger partial charge in [-0.25, -0.2) is 4.79 Å². The third-order valence-electron chi connectivity index (χ3n) is 7.19. The highest BCUT2D eigenvalue weighted by atomic mass is 16.5. The van der Waals surface area contributed by atoms with E-state index in [2.05, 4.69) is 105 Å². The number of rotatable bonds is 4. The number of ether oxygens (including phenoxy) is 1. The first-order valence-electron chi connectivity index (χ1n) is 12.8. The summed E-state index contributed by atoms with van der Waals surface area (Å²) in [4.78, 5) is 11.8. The number of methoxy groups -OCH3 is 1. The minimum atomic E-state index is -0.346. The van der Waals surface area contributed by atoms with E-state index in [1.165, 1.54) is 23.8 Å². The SMILES string of the molecule is C=C(c1ccc(C(=O)OC)cc1)c1ccc2c(c1)C(C#Cc1ccc(-c3ccccc3)cc1)=CCC2(C)C. The van der Waals surface area contributed by atoms with Crippen molar-refractivity contribution in [2.75, 3.05) is 7.11 Å². The van der Waals surface area contributed by atoms with Crippen LogP contribution in [-0.4, -0.2) is 13.1 Å². The Hall–Kier alpha value is -4.61. The Morgan fingerprint density at radius 2 is 1.42 bits per heavy atom. The highest BCUT2D eigenvalue weighted by Crippen LogP contribution is 2.40. The predicted molar refractivity (Wildman–Crippen MR) is 157 cm³/mol. The number of hydrogen-bond donors (Lipinski definition) is 0. The first-order valence-corrected chi connectivity index (χ1v) is 12.8. The fourth-order valence-corrected chi connectivity index (χ4v) is 4.85. The van der Waals surface area contributed by atoms with Crippen LogP contribution in [-0.2, 0) is 10.2 Å². The summed E-state index contributed by atoms with van der Waals surface area (Å²) in [5, 5.41) is 0. The van der Waals surface area contributed by atoms with Gasteiger partial charge in [-0.2, -0.15) is 0 Å². The number of allylic oxidation sites excluding steroid dienone is 2. The smallest absolute Gasteiger partial charge is 0.337 e. The van der Waals surface area contributed by atoms with Crippen molar-refractivity contribution < 1.29 is 9.53 Å². The number of esters is 1. The molecule has 2 heteroatoms. The van der Waals surface area contributed by atoms with Gasteiger partial charge in [0.05, 0.1) is 12.7 Å². The zero-order valence-corrected chi connectivity index (χ0v) is 22.0. The molecule has 2 nitrogen and oxygen atoms in total. The molecule has 4 aromatic carbocycles. The van der Waals surface area contributed by atoms with E-state index in [0.29, 0.717) is 5.56 Å². The van der Waals surface area contributed by atoms with Gasteiger partial charge in [-0.15, -0.1) is 0 Å². The Morgan fingerprint density at radius 3 is 2.11 bits per heavy atom. The summed E-state index contributed by atoms with van der Waals surface area (Å²) in [7, 11) is 1.39. The molecule has 0 heterocycles. The molecule has 0 saturated heterocycles. The Morgan fingerprint density at radius 1 is 0.789 bits per heavy atom. The lowest BCUT2D eigenvalue weighted by atomic mass is 9.72. The maximum Gasteiger partial charge on any atom is 0.337 e. The van der Waals surface area contributed by atoms with Crippen molar-refractivity contribution in [3.8, 4) is 23.0 Å². The fourth-order valence-electron chi connectivity index (χ4n) is 4.85. The maximum absolute atomic E-state index is 11.8. The van der Waals surface area contributed by atoms with Gasteiger partial charge in [-0.3, -0.25) is 0 Å². The fraction of sp³-hybridized carbons (Fsp3) is 0.139. The molecule has 0 aromatic heterocycles. The van der Waals surface area contributed by atoms with Gasteiger partial charge in [-0.1, -0.05) is 105 Å². The molecule has 0 radical (unpaired) electrons. The third-order valence-corrected chi connectivity index (χ3v) is 7.19. The van der Waals surface area contributed by atoms with Gasteiger partial charge in [0, 0.05) is 11.1 Å². The van der Waals surface area contributed by atoms with Crippen LogP contribution in [0.1, 0.15) is 58.4 Å². The number of fused-ring (bicyclic) bond motifs is 1. The highest BCUT2D eigenvalue weighted by molar-refractivity contribution is 5.91. The van der Waals surface area contributed by atoms with Crippen LogP contribution in [0.3, 0.4) is 0 Å². The Kier molecular flexibility index (Phi) is 6.86. The molecule has 0 N–H and O–H groups in total. The van der Waals surface area contributed by atoms with E-state index in [0.717, 1.165) is 39.8 Å². The van der Waals surface area contributed by atoms with Gasteiger partial charge >= 0.3 is 5.97 Å². The zero-order chi connectivity index (χ0) is 26.7. The molecule has 0 atom stereocenters. The van der Waals surface area contributed by atoms with Gasteiger partial charge in [0.25, 0.3) is 0 Å². The van der Waals surface area contributed by atoms with Crippen molar-refractivity contribution in [3.05, 3.63) is 143 Å². The highest BCUT2D eigenvalue weighted by Gasteiger charge is 2.28. The number of carbonyl (C=O) groups is 1. The first-order chi connectivity index (χ1) is 18.4. The van der Waals surface area contributed by atoms with Gasteiger partial charge < -0.3 is 4.74 Å². The third kappa shape index (κ3) is 5.10. The van der Waals surface area contributed by atoms with Crippen LogP contribution in [0.4, 0.5) is 0 Å². The molecule has 0 spiro atoms. The van der Waals surface area contributed by atoms with Crippen LogP contribution in [0.25, 0.3) is 22.3 Å². The summed E-state index contributed by atoms with van der Waals surface area (Å²) in [6.07, 6.45) is 3.19. The maximum atomic E-state index is 11.8. The molecular formula is C36H30O2. The van der Waals surface area contributed by atoms with E-state index in [9.17, 15) is 4.79 Å². The standard InChI is InChI=1S/C36H30O2/c1-25(27-16-18-31(19-17-27)35(37)38-4)32-20-21-34-33(24-32)30(22-23-36(34,2)3)15-12-26-10-13-29(14-11-26)28-8-6-5-7-9-28/h5-11,13-14,16-22,24H,1,23H2,2-4H3. The minimum absolute atomic E-state index is 0.0276. The summed E-state index contributed by atoms with van der Waals surface area (Å²) < 4.78 is 4.82. The van der Waals surface area contributed by atoms with Gasteiger partial charge in [0.15, 0.2) is 0 Å². The largest absolute Gasteiger partial charge is 0.465 e. The topological polar surface area (TPSA) is 26.3 Å². The van der Waals surface area contributed by atoms with Gasteiger partial charge in [-0.05, 0) is 81.1 Å². The van der Waals surface area contributed by atoms with Crippen molar-refractivity contribution in [1.82, 2.24) is 0 Å². The van der Waals surface area contributed by atoms with E-state index in [-0.39, 0.29) is 11.4 Å². The zero-order valence-electron chi connectivity index (χ0n) is 22.0. The summed E-state index contributed by atoms with van der Waals surface area (Å²) >= 11 is 0. The molecule has 0 saturated carbocycles. The molecule has 186 valence electrons. The summed E-state index contributed by atoms with van der Waals surface area (Å²) in [5.74, 6) is 6.49. The Labute approximate surface area is 225 Å². The quantitative estimate of drug-likeness (QED) is 0.211. The molecule has 0 unspecified atom stereocenters. The lowest BCUT2D eigenvalue weighted by molar-refractivity contribution is 0.0600. The lowest BCUT2D eigenvalue weighted by Gasteiger charge is -2.31. The molecule has 0 bridgehead atoms. The van der Waals surface area contributed by atoms with Crippen molar-refractivity contribution in [2.24, 2.45) is 0 Å². The van der Waals surface area contributed by atoms with Crippen LogP contribution in [0.2, 0.25) is 0 Å². The number of benzene rings is 4. The van der Waals surface area contributed by atoms with Crippen LogP contribution in [0.15, 0.2) is 110 Å². The second kappa shape index (κ2) is 10.4. The van der Waals surface area contributed by atoms with Crippen molar-refractivity contribution in [2.45, 2.75) is 25.7 Å². The van der Waals surface area contributed by atoms with Gasteiger partial charge in [0.2, 0.25) is 0 Å². The summed E-state index contributed by atoms with van der Waals surface area (Å²) in [6.45, 7) is 8.90. The molecule has 0 fully saturated rings. The monoisotopic (exact) mass is 494 g/mol. The van der Waals surface area contributed by atoms with E-state index in [1.54, 1.807) is 12.1 Å². The molecular weight excluding hydrogens is 464 g/mol. The molecule has 1 aliphatic rings. The Bertz CT molecular complexity index is 1590. The molecule has 4 aromatic rings. The van der Waals surface area contributed by atoms with Crippen LogP contribution >= 0.6 is 0 Å². The Balaban J connectivity index is 1.44. The summed E-state index contributed by atoms with van der Waals surface area (Å²) in [6, 6.07) is 32.7. The molecule has 1 aliphatic carbocycles. The van der Waals surface area contributed by atoms with E-state index < -0.39 is 0 Å². The second-order valence-electron chi connectivity index (χ2n) is 10.2. The second-order valence-corrected chi connectivity index (χ2v) is 10.2. The average molecular weight is 495 g/mol. The van der Waals surface area contributed by atoms with Crippen molar-refractivity contribution in [3.63, 3.8) is 0 Å².